The van der Waals surface area contributed by atoms with Crippen molar-refractivity contribution in [3.63, 3.8) is 0 Å². The van der Waals surface area contributed by atoms with Crippen molar-refractivity contribution >= 4 is 6.21 Å². The number of aliphatic hydroxyl groups is 1. The smallest absolute Gasteiger partial charge is 0.174 e. The average Bonchev–Trinajstić information content (AvgIpc) is 2.78. The summed E-state index contributed by atoms with van der Waals surface area (Å²) < 4.78 is 2.33. The fourth-order valence-corrected chi connectivity index (χ4v) is 2.12. The van der Waals surface area contributed by atoms with Crippen LogP contribution in [0.3, 0.4) is 0 Å². The summed E-state index contributed by atoms with van der Waals surface area (Å²) in [5.41, 5.74) is 1.34. The van der Waals surface area contributed by atoms with Gasteiger partial charge in [0.1, 0.15) is 12.8 Å². The zero-order valence-electron chi connectivity index (χ0n) is 9.13. The zero-order valence-corrected chi connectivity index (χ0v) is 9.13. The Labute approximate surface area is 90.9 Å². The first-order chi connectivity index (χ1) is 7.31. The molecule has 0 amide bonds. The van der Waals surface area contributed by atoms with Gasteiger partial charge in [0.2, 0.25) is 0 Å². The molecule has 1 N–H and O–H groups in total. The molecule has 15 heavy (non-hydrogen) atoms. The Kier molecular flexibility index (Phi) is 3.17. The lowest BCUT2D eigenvalue weighted by Gasteiger charge is -2.08. The van der Waals surface area contributed by atoms with E-state index in [1.807, 2.05) is 6.07 Å². The summed E-state index contributed by atoms with van der Waals surface area (Å²) >= 11 is 0. The van der Waals surface area contributed by atoms with Crippen molar-refractivity contribution in [1.29, 1.82) is 0 Å². The minimum Gasteiger partial charge on any atom is -0.396 e. The van der Waals surface area contributed by atoms with E-state index in [9.17, 15) is 0 Å². The molecule has 0 fully saturated rings. The maximum atomic E-state index is 9.08. The third-order valence-corrected chi connectivity index (χ3v) is 3.17. The molecule has 0 saturated heterocycles. The Balaban J connectivity index is 2.12. The van der Waals surface area contributed by atoms with Crippen molar-refractivity contribution in [2.75, 3.05) is 13.2 Å². The van der Waals surface area contributed by atoms with E-state index in [0.717, 1.165) is 13.0 Å². The molecule has 1 aliphatic heterocycles. The molecule has 0 aliphatic carbocycles. The van der Waals surface area contributed by atoms with Gasteiger partial charge in [-0.2, -0.15) is 0 Å². The SMILES string of the molecule is CC(c1ccccc1)[N+]1=CC(CO)CC1. The predicted octanol–water partition coefficient (Wildman–Crippen LogP) is 1.84. The molecule has 0 aromatic heterocycles. The van der Waals surface area contributed by atoms with Gasteiger partial charge in [-0.3, -0.25) is 0 Å². The largest absolute Gasteiger partial charge is 0.396 e. The fourth-order valence-electron chi connectivity index (χ4n) is 2.12. The number of benzene rings is 1. The Bertz CT molecular complexity index is 345. The highest BCUT2D eigenvalue weighted by Gasteiger charge is 2.26. The molecule has 2 rings (SSSR count). The standard InChI is InChI=1S/C13H18NO/c1-11(13-5-3-2-4-6-13)14-8-7-12(9-14)10-15/h2-6,9,11-12,15H,7-8,10H2,1H3/q+1. The van der Waals surface area contributed by atoms with Crippen LogP contribution in [0.4, 0.5) is 0 Å². The van der Waals surface area contributed by atoms with Gasteiger partial charge in [0.15, 0.2) is 6.04 Å². The van der Waals surface area contributed by atoms with Crippen LogP contribution in [-0.4, -0.2) is 29.0 Å². The molecule has 2 heteroatoms. The summed E-state index contributed by atoms with van der Waals surface area (Å²) in [5.74, 6) is 0.358. The Morgan fingerprint density at radius 3 is 2.73 bits per heavy atom. The summed E-state index contributed by atoms with van der Waals surface area (Å²) in [4.78, 5) is 0. The topological polar surface area (TPSA) is 23.2 Å². The van der Waals surface area contributed by atoms with Gasteiger partial charge in [-0.05, 0) is 0 Å². The molecule has 1 heterocycles. The van der Waals surface area contributed by atoms with Crippen molar-refractivity contribution in [3.05, 3.63) is 35.9 Å². The molecular formula is C13H18NO+. The van der Waals surface area contributed by atoms with Crippen LogP contribution in [0.15, 0.2) is 30.3 Å². The highest BCUT2D eigenvalue weighted by atomic mass is 16.3. The van der Waals surface area contributed by atoms with Crippen LogP contribution in [-0.2, 0) is 0 Å². The highest BCUT2D eigenvalue weighted by Crippen LogP contribution is 2.20. The van der Waals surface area contributed by atoms with Crippen molar-refractivity contribution in [2.24, 2.45) is 5.92 Å². The molecule has 1 aliphatic rings. The van der Waals surface area contributed by atoms with Crippen LogP contribution in [0.1, 0.15) is 24.9 Å². The van der Waals surface area contributed by atoms with Gasteiger partial charge in [-0.15, -0.1) is 0 Å². The summed E-state index contributed by atoms with van der Waals surface area (Å²) in [5, 5.41) is 9.08. The summed E-state index contributed by atoms with van der Waals surface area (Å²) in [6.07, 6.45) is 3.26. The summed E-state index contributed by atoms with van der Waals surface area (Å²) in [6.45, 7) is 3.55. The lowest BCUT2D eigenvalue weighted by molar-refractivity contribution is -0.557. The maximum absolute atomic E-state index is 9.08. The molecule has 0 saturated carbocycles. The fraction of sp³-hybridized carbons (Fsp3) is 0.462. The van der Waals surface area contributed by atoms with E-state index in [4.69, 9.17) is 5.11 Å². The molecule has 1 aromatic rings. The van der Waals surface area contributed by atoms with Gasteiger partial charge in [0.05, 0.1) is 12.5 Å². The second-order valence-corrected chi connectivity index (χ2v) is 4.20. The molecular weight excluding hydrogens is 186 g/mol. The van der Waals surface area contributed by atoms with Crippen molar-refractivity contribution in [3.8, 4) is 0 Å². The van der Waals surface area contributed by atoms with E-state index in [1.54, 1.807) is 0 Å². The first-order valence-electron chi connectivity index (χ1n) is 5.58. The summed E-state index contributed by atoms with van der Waals surface area (Å²) in [6, 6.07) is 10.9. The third-order valence-electron chi connectivity index (χ3n) is 3.17. The zero-order chi connectivity index (χ0) is 10.7. The van der Waals surface area contributed by atoms with E-state index in [1.165, 1.54) is 5.56 Å². The Morgan fingerprint density at radius 1 is 1.40 bits per heavy atom. The minimum absolute atomic E-state index is 0.276. The summed E-state index contributed by atoms with van der Waals surface area (Å²) in [7, 11) is 0. The minimum atomic E-state index is 0.276. The van der Waals surface area contributed by atoms with Crippen molar-refractivity contribution in [1.82, 2.24) is 0 Å². The molecule has 2 nitrogen and oxygen atoms in total. The second-order valence-electron chi connectivity index (χ2n) is 4.20. The number of nitrogens with zero attached hydrogens (tertiary/aromatic N) is 1. The van der Waals surface area contributed by atoms with Gasteiger partial charge in [-0.1, -0.05) is 30.3 Å². The molecule has 2 atom stereocenters. The monoisotopic (exact) mass is 204 g/mol. The molecule has 80 valence electrons. The van der Waals surface area contributed by atoms with Crippen molar-refractivity contribution < 1.29 is 9.68 Å². The first-order valence-corrected chi connectivity index (χ1v) is 5.58. The Hall–Kier alpha value is -1.15. The van der Waals surface area contributed by atoms with Crippen molar-refractivity contribution in [2.45, 2.75) is 19.4 Å². The maximum Gasteiger partial charge on any atom is 0.174 e. The van der Waals surface area contributed by atoms with Gasteiger partial charge in [0.25, 0.3) is 0 Å². The molecule has 1 aromatic carbocycles. The number of aliphatic hydroxyl groups excluding tert-OH is 1. The lowest BCUT2D eigenvalue weighted by Crippen LogP contribution is -2.14. The van der Waals surface area contributed by atoms with Crippen LogP contribution in [0.2, 0.25) is 0 Å². The van der Waals surface area contributed by atoms with E-state index in [-0.39, 0.29) is 6.61 Å². The normalized spacial score (nSPS) is 22.5. The first kappa shape index (κ1) is 10.4. The van der Waals surface area contributed by atoms with E-state index >= 15 is 0 Å². The van der Waals surface area contributed by atoms with Gasteiger partial charge in [0, 0.05) is 18.9 Å². The van der Waals surface area contributed by atoms with Gasteiger partial charge >= 0.3 is 0 Å². The highest BCUT2D eigenvalue weighted by molar-refractivity contribution is 5.56. The molecule has 0 radical (unpaired) electrons. The molecule has 2 unspecified atom stereocenters. The Morgan fingerprint density at radius 2 is 2.13 bits per heavy atom. The number of rotatable bonds is 3. The van der Waals surface area contributed by atoms with E-state index in [2.05, 4.69) is 42.0 Å². The number of hydrogen-bond acceptors (Lipinski definition) is 1. The van der Waals surface area contributed by atoms with E-state index < -0.39 is 0 Å². The second kappa shape index (κ2) is 4.58. The molecule has 0 bridgehead atoms. The van der Waals surface area contributed by atoms with Crippen LogP contribution >= 0.6 is 0 Å². The predicted molar refractivity (Wildman–Crippen MR) is 61.2 cm³/mol. The molecule has 0 spiro atoms. The van der Waals surface area contributed by atoms with E-state index in [0.29, 0.717) is 12.0 Å². The van der Waals surface area contributed by atoms with Crippen LogP contribution in [0.25, 0.3) is 0 Å². The van der Waals surface area contributed by atoms with Gasteiger partial charge < -0.3 is 5.11 Å². The van der Waals surface area contributed by atoms with Crippen LogP contribution in [0.5, 0.6) is 0 Å². The third kappa shape index (κ3) is 2.26. The quantitative estimate of drug-likeness (QED) is 0.746. The van der Waals surface area contributed by atoms with Gasteiger partial charge in [-0.25, -0.2) is 4.58 Å². The van der Waals surface area contributed by atoms with Crippen LogP contribution in [0, 0.1) is 5.92 Å². The van der Waals surface area contributed by atoms with Crippen LogP contribution < -0.4 is 0 Å². The average molecular weight is 204 g/mol. The lowest BCUT2D eigenvalue weighted by atomic mass is 10.1. The number of hydrogen-bond donors (Lipinski definition) is 1.